The average Bonchev–Trinajstić information content (AvgIpc) is 2.92. The molecule has 0 heterocycles. The van der Waals surface area contributed by atoms with E-state index in [-0.39, 0.29) is 12.1 Å². The third-order valence-electron chi connectivity index (χ3n) is 5.90. The molecule has 0 aliphatic heterocycles. The zero-order chi connectivity index (χ0) is 25.2. The number of carbonyl (C=O) groups is 1. The van der Waals surface area contributed by atoms with Crippen LogP contribution in [0.4, 0.5) is 16.2 Å². The summed E-state index contributed by atoms with van der Waals surface area (Å²) in [7, 11) is 1.60. The number of aryl methyl sites for hydroxylation is 1. The van der Waals surface area contributed by atoms with Crippen LogP contribution in [0.25, 0.3) is 0 Å². The first-order valence-corrected chi connectivity index (χ1v) is 12.3. The van der Waals surface area contributed by atoms with Gasteiger partial charge in [-0.2, -0.15) is 0 Å². The highest BCUT2D eigenvalue weighted by Gasteiger charge is 2.18. The lowest BCUT2D eigenvalue weighted by Crippen LogP contribution is -2.19. The Bertz CT molecular complexity index is 1220. The molecule has 184 valence electrons. The third kappa shape index (κ3) is 6.66. The smallest absolute Gasteiger partial charge is 0.323 e. The second-order valence-corrected chi connectivity index (χ2v) is 8.56. The second-order valence-electron chi connectivity index (χ2n) is 8.56. The minimum absolute atomic E-state index is 0.233. The fourth-order valence-electron chi connectivity index (χ4n) is 4.04. The van der Waals surface area contributed by atoms with E-state index in [9.17, 15) is 4.79 Å². The molecular formula is C31H32N2O3. The molecule has 0 aliphatic carbocycles. The van der Waals surface area contributed by atoms with Crippen molar-refractivity contribution in [3.63, 3.8) is 0 Å². The summed E-state index contributed by atoms with van der Waals surface area (Å²) in [5.41, 5.74) is 4.61. The minimum atomic E-state index is -0.315. The molecule has 0 unspecified atom stereocenters. The zero-order valence-electron chi connectivity index (χ0n) is 20.7. The van der Waals surface area contributed by atoms with Crippen LogP contribution in [0.5, 0.6) is 11.5 Å². The largest absolute Gasteiger partial charge is 0.497 e. The number of rotatable bonds is 10. The first kappa shape index (κ1) is 24.9. The zero-order valence-corrected chi connectivity index (χ0v) is 20.7. The van der Waals surface area contributed by atoms with E-state index in [0.29, 0.717) is 17.1 Å². The fraction of sp³-hybridized carbons (Fsp3) is 0.194. The number of nitrogens with one attached hydrogen (secondary N) is 2. The number of unbranched alkanes of at least 4 members (excludes halogenated alkanes) is 1. The summed E-state index contributed by atoms with van der Waals surface area (Å²) in [5.74, 6) is 1.50. The number of anilines is 2. The summed E-state index contributed by atoms with van der Waals surface area (Å²) in [4.78, 5) is 12.6. The molecule has 4 rings (SSSR count). The van der Waals surface area contributed by atoms with Gasteiger partial charge in [0.1, 0.15) is 17.6 Å². The maximum absolute atomic E-state index is 12.6. The molecule has 0 saturated heterocycles. The number of amides is 2. The Morgan fingerprint density at radius 2 is 1.42 bits per heavy atom. The van der Waals surface area contributed by atoms with E-state index >= 15 is 0 Å². The molecule has 5 nitrogen and oxygen atoms in total. The van der Waals surface area contributed by atoms with E-state index in [1.165, 1.54) is 0 Å². The van der Waals surface area contributed by atoms with Gasteiger partial charge >= 0.3 is 6.03 Å². The van der Waals surface area contributed by atoms with Gasteiger partial charge in [0, 0.05) is 17.4 Å². The number of hydrogen-bond donors (Lipinski definition) is 2. The molecule has 2 amide bonds. The number of urea groups is 1. The maximum Gasteiger partial charge on any atom is 0.323 e. The maximum atomic E-state index is 12.6. The van der Waals surface area contributed by atoms with Gasteiger partial charge in [-0.25, -0.2) is 4.79 Å². The van der Waals surface area contributed by atoms with E-state index in [1.807, 2.05) is 72.8 Å². The lowest BCUT2D eigenvalue weighted by atomic mass is 10.0. The van der Waals surface area contributed by atoms with Crippen molar-refractivity contribution in [2.75, 3.05) is 17.7 Å². The van der Waals surface area contributed by atoms with Crippen molar-refractivity contribution in [3.8, 4) is 11.5 Å². The Labute approximate surface area is 213 Å². The Kier molecular flexibility index (Phi) is 8.60. The number of methoxy groups -OCH3 is 1. The van der Waals surface area contributed by atoms with Crippen molar-refractivity contribution >= 4 is 17.4 Å². The first-order chi connectivity index (χ1) is 17.7. The molecule has 36 heavy (non-hydrogen) atoms. The molecule has 0 radical (unpaired) electrons. The van der Waals surface area contributed by atoms with Crippen LogP contribution >= 0.6 is 0 Å². The highest BCUT2D eigenvalue weighted by Crippen LogP contribution is 2.33. The van der Waals surface area contributed by atoms with Crippen molar-refractivity contribution in [1.82, 2.24) is 0 Å². The van der Waals surface area contributed by atoms with Crippen LogP contribution in [0.2, 0.25) is 0 Å². The lowest BCUT2D eigenvalue weighted by molar-refractivity contribution is 0.244. The molecule has 0 bridgehead atoms. The predicted octanol–water partition coefficient (Wildman–Crippen LogP) is 7.85. The molecule has 5 heteroatoms. The van der Waals surface area contributed by atoms with Crippen molar-refractivity contribution in [3.05, 3.63) is 120 Å². The molecule has 0 aliphatic rings. The van der Waals surface area contributed by atoms with Crippen molar-refractivity contribution in [1.29, 1.82) is 0 Å². The second kappa shape index (κ2) is 12.5. The van der Waals surface area contributed by atoms with Crippen LogP contribution in [0, 0.1) is 0 Å². The van der Waals surface area contributed by atoms with Crippen molar-refractivity contribution in [2.45, 2.75) is 32.3 Å². The van der Waals surface area contributed by atoms with Crippen molar-refractivity contribution < 1.29 is 14.3 Å². The van der Waals surface area contributed by atoms with Gasteiger partial charge in [-0.05, 0) is 59.9 Å². The first-order valence-electron chi connectivity index (χ1n) is 12.3. The summed E-state index contributed by atoms with van der Waals surface area (Å²) in [6.07, 6.45) is 2.71. The van der Waals surface area contributed by atoms with E-state index in [1.54, 1.807) is 13.2 Å². The molecule has 0 fully saturated rings. The van der Waals surface area contributed by atoms with Gasteiger partial charge in [0.05, 0.1) is 7.11 Å². The Balaban J connectivity index is 1.56. The van der Waals surface area contributed by atoms with Gasteiger partial charge < -0.3 is 20.1 Å². The summed E-state index contributed by atoms with van der Waals surface area (Å²) in [5, 5.41) is 5.80. The van der Waals surface area contributed by atoms with Gasteiger partial charge in [-0.1, -0.05) is 80.1 Å². The summed E-state index contributed by atoms with van der Waals surface area (Å²) in [6.45, 7) is 2.17. The van der Waals surface area contributed by atoms with Gasteiger partial charge in [0.15, 0.2) is 0 Å². The number of benzene rings is 4. The normalized spacial score (nSPS) is 10.6. The van der Waals surface area contributed by atoms with Crippen LogP contribution in [0.1, 0.15) is 42.6 Å². The molecule has 4 aromatic carbocycles. The lowest BCUT2D eigenvalue weighted by Gasteiger charge is -2.22. The topological polar surface area (TPSA) is 59.6 Å². The van der Waals surface area contributed by atoms with Crippen molar-refractivity contribution in [2.24, 2.45) is 0 Å². The van der Waals surface area contributed by atoms with Crippen LogP contribution in [-0.4, -0.2) is 13.1 Å². The number of ether oxygens (including phenoxy) is 2. The Morgan fingerprint density at radius 3 is 2.03 bits per heavy atom. The molecule has 0 aromatic heterocycles. The third-order valence-corrected chi connectivity index (χ3v) is 5.90. The van der Waals surface area contributed by atoms with Gasteiger partial charge in [-0.15, -0.1) is 0 Å². The van der Waals surface area contributed by atoms with Crippen LogP contribution in [0.3, 0.4) is 0 Å². The summed E-state index contributed by atoms with van der Waals surface area (Å²) >= 11 is 0. The number of carbonyl (C=O) groups excluding carboxylic acids is 1. The highest BCUT2D eigenvalue weighted by molar-refractivity contribution is 5.99. The van der Waals surface area contributed by atoms with Crippen LogP contribution in [0.15, 0.2) is 103 Å². The van der Waals surface area contributed by atoms with Gasteiger partial charge in [0.2, 0.25) is 0 Å². The fourth-order valence-corrected chi connectivity index (χ4v) is 4.04. The van der Waals surface area contributed by atoms with Gasteiger partial charge in [0.25, 0.3) is 0 Å². The van der Waals surface area contributed by atoms with E-state index in [2.05, 4.69) is 41.8 Å². The minimum Gasteiger partial charge on any atom is -0.497 e. The standard InChI is InChI=1S/C31H32N2O3/c1-3-4-12-25-21-27(33-31(34)32-26-17-11-18-28(22-26)35-2)19-20-29(25)36-30(23-13-7-5-8-14-23)24-15-9-6-10-16-24/h5-11,13-22,30H,3-4,12H2,1-2H3,(H2,32,33,34). The molecule has 2 N–H and O–H groups in total. The molecule has 0 spiro atoms. The SMILES string of the molecule is CCCCc1cc(NC(=O)Nc2cccc(OC)c2)ccc1OC(c1ccccc1)c1ccccc1. The molecular weight excluding hydrogens is 448 g/mol. The van der Waals surface area contributed by atoms with Crippen LogP contribution in [-0.2, 0) is 6.42 Å². The van der Waals surface area contributed by atoms with E-state index in [4.69, 9.17) is 9.47 Å². The Hall–Kier alpha value is -4.25. The highest BCUT2D eigenvalue weighted by atomic mass is 16.5. The van der Waals surface area contributed by atoms with E-state index < -0.39 is 0 Å². The predicted molar refractivity (Wildman–Crippen MR) is 146 cm³/mol. The molecule has 0 atom stereocenters. The monoisotopic (exact) mass is 480 g/mol. The molecule has 4 aromatic rings. The summed E-state index contributed by atoms with van der Waals surface area (Å²) < 4.78 is 11.9. The van der Waals surface area contributed by atoms with Crippen LogP contribution < -0.4 is 20.1 Å². The van der Waals surface area contributed by atoms with E-state index in [0.717, 1.165) is 41.7 Å². The quantitative estimate of drug-likeness (QED) is 0.243. The average molecular weight is 481 g/mol. The van der Waals surface area contributed by atoms with Gasteiger partial charge in [-0.3, -0.25) is 0 Å². The Morgan fingerprint density at radius 1 is 0.778 bits per heavy atom. The molecule has 0 saturated carbocycles. The summed E-state index contributed by atoms with van der Waals surface area (Å²) in [6, 6.07) is 33.2. The number of hydrogen-bond acceptors (Lipinski definition) is 3.